The molecule has 4 rings (SSSR count). The molecule has 0 radical (unpaired) electrons. The molecule has 1 fully saturated rings. The molecule has 1 saturated heterocycles. The van der Waals surface area contributed by atoms with Crippen LogP contribution >= 0.6 is 15.9 Å². The van der Waals surface area contributed by atoms with Crippen molar-refractivity contribution in [2.24, 2.45) is 5.73 Å². The van der Waals surface area contributed by atoms with E-state index in [1.54, 1.807) is 12.1 Å². The van der Waals surface area contributed by atoms with Gasteiger partial charge in [-0.2, -0.15) is 5.10 Å². The Morgan fingerprint density at radius 1 is 1.16 bits per heavy atom. The lowest BCUT2D eigenvalue weighted by molar-refractivity contribution is -0.122. The van der Waals surface area contributed by atoms with E-state index >= 15 is 0 Å². The normalized spacial score (nSPS) is 16.3. The van der Waals surface area contributed by atoms with Crippen molar-refractivity contribution in [2.75, 3.05) is 11.9 Å². The van der Waals surface area contributed by atoms with Gasteiger partial charge < -0.3 is 11.1 Å². The number of hydrogen-bond acceptors (Lipinski definition) is 4. The summed E-state index contributed by atoms with van der Waals surface area (Å²) in [6.07, 6.45) is 1.72. The topological polar surface area (TPSA) is 93.2 Å². The predicted molar refractivity (Wildman–Crippen MR) is 128 cm³/mol. The Labute approximate surface area is 195 Å². The summed E-state index contributed by atoms with van der Waals surface area (Å²) in [6, 6.07) is 14.8. The maximum atomic E-state index is 12.9. The number of aromatic nitrogens is 2. The van der Waals surface area contributed by atoms with E-state index in [9.17, 15) is 9.59 Å². The first-order chi connectivity index (χ1) is 15.3. The van der Waals surface area contributed by atoms with Crippen LogP contribution in [0.15, 0.2) is 53.0 Å². The molecule has 7 nitrogen and oxygen atoms in total. The van der Waals surface area contributed by atoms with Crippen LogP contribution in [-0.4, -0.2) is 39.1 Å². The highest BCUT2D eigenvalue weighted by molar-refractivity contribution is 9.10. The van der Waals surface area contributed by atoms with Gasteiger partial charge in [0.15, 0.2) is 0 Å². The first kappa shape index (κ1) is 22.2. The lowest BCUT2D eigenvalue weighted by Crippen LogP contribution is -2.39. The number of halogens is 1. The molecule has 0 aliphatic carbocycles. The molecule has 1 unspecified atom stereocenters. The zero-order chi connectivity index (χ0) is 22.8. The Morgan fingerprint density at radius 3 is 2.53 bits per heavy atom. The van der Waals surface area contributed by atoms with E-state index in [2.05, 4.69) is 31.2 Å². The van der Waals surface area contributed by atoms with Crippen LogP contribution in [0.5, 0.6) is 0 Å². The second-order valence-electron chi connectivity index (χ2n) is 8.09. The van der Waals surface area contributed by atoms with Crippen molar-refractivity contribution >= 4 is 33.4 Å². The minimum atomic E-state index is -0.293. The first-order valence-electron chi connectivity index (χ1n) is 10.6. The monoisotopic (exact) mass is 495 g/mol. The fourth-order valence-corrected chi connectivity index (χ4v) is 4.41. The van der Waals surface area contributed by atoms with E-state index in [1.807, 2.05) is 54.9 Å². The van der Waals surface area contributed by atoms with E-state index in [1.165, 1.54) is 0 Å². The molecule has 2 heterocycles. The van der Waals surface area contributed by atoms with Crippen LogP contribution in [0.3, 0.4) is 0 Å². The third kappa shape index (κ3) is 4.47. The van der Waals surface area contributed by atoms with Crippen molar-refractivity contribution in [2.45, 2.75) is 39.3 Å². The Morgan fingerprint density at radius 2 is 1.88 bits per heavy atom. The number of nitrogens with two attached hydrogens (primary N) is 1. The molecule has 32 heavy (non-hydrogen) atoms. The van der Waals surface area contributed by atoms with Gasteiger partial charge in [-0.25, -0.2) is 4.68 Å². The number of aryl methyl sites for hydroxylation is 1. The van der Waals surface area contributed by atoms with Crippen LogP contribution in [0.1, 0.15) is 40.2 Å². The number of rotatable bonds is 6. The number of nitrogens with one attached hydrogen (secondary N) is 1. The Kier molecular flexibility index (Phi) is 6.43. The number of likely N-dealkylation sites (tertiary alicyclic amines) is 1. The highest BCUT2D eigenvalue weighted by Gasteiger charge is 2.29. The van der Waals surface area contributed by atoms with Crippen molar-refractivity contribution in [1.82, 2.24) is 14.7 Å². The summed E-state index contributed by atoms with van der Waals surface area (Å²) >= 11 is 3.54. The molecule has 1 aromatic heterocycles. The molecule has 1 aliphatic heterocycles. The van der Waals surface area contributed by atoms with Gasteiger partial charge in [0.25, 0.3) is 5.91 Å². The number of amides is 2. The lowest BCUT2D eigenvalue weighted by Gasteiger charge is -2.23. The van der Waals surface area contributed by atoms with E-state index < -0.39 is 0 Å². The molecular weight excluding hydrogens is 470 g/mol. The van der Waals surface area contributed by atoms with E-state index in [-0.39, 0.29) is 17.9 Å². The summed E-state index contributed by atoms with van der Waals surface area (Å²) in [4.78, 5) is 26.7. The van der Waals surface area contributed by atoms with Gasteiger partial charge in [-0.3, -0.25) is 14.5 Å². The molecule has 0 spiro atoms. The van der Waals surface area contributed by atoms with Crippen LogP contribution in [0.25, 0.3) is 5.69 Å². The molecule has 166 valence electrons. The van der Waals surface area contributed by atoms with Crippen molar-refractivity contribution in [1.29, 1.82) is 0 Å². The molecule has 0 bridgehead atoms. The summed E-state index contributed by atoms with van der Waals surface area (Å²) in [6.45, 7) is 5.32. The molecule has 3 aromatic rings. The maximum Gasteiger partial charge on any atom is 0.255 e. The zero-order valence-corrected chi connectivity index (χ0v) is 19.7. The highest BCUT2D eigenvalue weighted by Crippen LogP contribution is 2.25. The van der Waals surface area contributed by atoms with Gasteiger partial charge in [0.05, 0.1) is 27.6 Å². The SMILES string of the molecule is Cc1nn(-c2ccc(C(=O)Nc3ccccc3CN3CCCC3C(N)=O)cc2)c(C)c1Br. The third-order valence-corrected chi connectivity index (χ3v) is 7.06. The van der Waals surface area contributed by atoms with Crippen LogP contribution in [0, 0.1) is 13.8 Å². The fraction of sp³-hybridized carbons (Fsp3) is 0.292. The number of benzene rings is 2. The molecule has 1 atom stereocenters. The van der Waals surface area contributed by atoms with Crippen LogP contribution < -0.4 is 11.1 Å². The standard InChI is InChI=1S/C24H26BrN5O2/c1-15-22(25)16(2)30(28-15)19-11-9-17(10-12-19)24(32)27-20-7-4-3-6-18(20)14-29-13-5-8-21(29)23(26)31/h3-4,6-7,9-12,21H,5,8,13-14H2,1-2H3,(H2,26,31)(H,27,32). The van der Waals surface area contributed by atoms with Crippen LogP contribution in [0.2, 0.25) is 0 Å². The van der Waals surface area contributed by atoms with Gasteiger partial charge in [-0.15, -0.1) is 0 Å². The molecule has 1 aliphatic rings. The lowest BCUT2D eigenvalue weighted by atomic mass is 10.1. The number of anilines is 1. The van der Waals surface area contributed by atoms with Gasteiger partial charge in [-0.1, -0.05) is 18.2 Å². The summed E-state index contributed by atoms with van der Waals surface area (Å²) in [7, 11) is 0. The number of nitrogens with zero attached hydrogens (tertiary/aromatic N) is 3. The number of para-hydroxylation sites is 1. The third-order valence-electron chi connectivity index (χ3n) is 5.91. The van der Waals surface area contributed by atoms with Crippen LogP contribution in [0.4, 0.5) is 5.69 Å². The molecule has 0 saturated carbocycles. The smallest absolute Gasteiger partial charge is 0.255 e. The summed E-state index contributed by atoms with van der Waals surface area (Å²) < 4.78 is 2.83. The van der Waals surface area contributed by atoms with E-state index in [0.29, 0.717) is 12.1 Å². The highest BCUT2D eigenvalue weighted by atomic mass is 79.9. The first-order valence-corrected chi connectivity index (χ1v) is 11.4. The molecule has 2 amide bonds. The molecular formula is C24H26BrN5O2. The predicted octanol–water partition coefficient (Wildman–Crippen LogP) is 3.95. The minimum Gasteiger partial charge on any atom is -0.368 e. The fourth-order valence-electron chi connectivity index (χ4n) is 4.16. The van der Waals surface area contributed by atoms with Gasteiger partial charge >= 0.3 is 0 Å². The molecule has 8 heteroatoms. The van der Waals surface area contributed by atoms with Crippen LogP contribution in [-0.2, 0) is 11.3 Å². The van der Waals surface area contributed by atoms with E-state index in [0.717, 1.165) is 52.2 Å². The van der Waals surface area contributed by atoms with Crippen molar-refractivity contribution in [3.05, 3.63) is 75.5 Å². The number of carbonyl (C=O) groups is 2. The van der Waals surface area contributed by atoms with Crippen molar-refractivity contribution in [3.63, 3.8) is 0 Å². The average Bonchev–Trinajstić information content (AvgIpc) is 3.35. The minimum absolute atomic E-state index is 0.188. The number of hydrogen-bond donors (Lipinski definition) is 2. The number of carbonyl (C=O) groups excluding carboxylic acids is 2. The van der Waals surface area contributed by atoms with Gasteiger partial charge in [0.2, 0.25) is 5.91 Å². The molecule has 2 aromatic carbocycles. The van der Waals surface area contributed by atoms with Gasteiger partial charge in [0.1, 0.15) is 0 Å². The van der Waals surface area contributed by atoms with Gasteiger partial charge in [0, 0.05) is 17.8 Å². The summed E-state index contributed by atoms with van der Waals surface area (Å²) in [5, 5.41) is 7.55. The Hall–Kier alpha value is -2.97. The molecule has 3 N–H and O–H groups in total. The Balaban J connectivity index is 1.50. The largest absolute Gasteiger partial charge is 0.368 e. The van der Waals surface area contributed by atoms with E-state index in [4.69, 9.17) is 5.73 Å². The maximum absolute atomic E-state index is 12.9. The second kappa shape index (κ2) is 9.26. The quantitative estimate of drug-likeness (QED) is 0.541. The number of primary amides is 1. The second-order valence-corrected chi connectivity index (χ2v) is 8.88. The zero-order valence-electron chi connectivity index (χ0n) is 18.1. The average molecular weight is 496 g/mol. The van der Waals surface area contributed by atoms with Gasteiger partial charge in [-0.05, 0) is 85.1 Å². The van der Waals surface area contributed by atoms with Crippen molar-refractivity contribution in [3.8, 4) is 5.69 Å². The summed E-state index contributed by atoms with van der Waals surface area (Å²) in [5.41, 5.74) is 10.6. The van der Waals surface area contributed by atoms with Crippen molar-refractivity contribution < 1.29 is 9.59 Å². The Bertz CT molecular complexity index is 1160. The summed E-state index contributed by atoms with van der Waals surface area (Å²) in [5.74, 6) is -0.481.